The molecule has 0 spiro atoms. The first-order valence-corrected chi connectivity index (χ1v) is 7.18. The molecule has 2 aromatic carbocycles. The molecule has 0 aliphatic rings. The lowest BCUT2D eigenvalue weighted by Gasteiger charge is -2.17. The molecule has 0 aromatic heterocycles. The lowest BCUT2D eigenvalue weighted by atomic mass is 10.1. The lowest BCUT2D eigenvalue weighted by Crippen LogP contribution is -2.23. The number of hydrogen-bond acceptors (Lipinski definition) is 2. The first kappa shape index (κ1) is 15.8. The fraction of sp³-hybridized carbons (Fsp3) is 0.222. The first-order chi connectivity index (χ1) is 10.4. The maximum Gasteiger partial charge on any atom is 0.130 e. The molecule has 4 heteroatoms. The van der Waals surface area contributed by atoms with Gasteiger partial charge in [0.25, 0.3) is 0 Å². The molecule has 4 nitrogen and oxygen atoms in total. The predicted octanol–water partition coefficient (Wildman–Crippen LogP) is 3.63. The van der Waals surface area contributed by atoms with Crippen LogP contribution in [0.3, 0.4) is 0 Å². The standard InChI is InChI=1S/C18H22N4/c1-12-7-5-6-8-15(12)17(19)21-14-10-9-13(2)16(11-14)18(20)22(3)4/h5-11,20H,1-4H3,(H2,19,21). The second kappa shape index (κ2) is 6.43. The van der Waals surface area contributed by atoms with E-state index in [1.165, 1.54) is 0 Å². The van der Waals surface area contributed by atoms with Gasteiger partial charge in [0.05, 0.1) is 0 Å². The van der Waals surface area contributed by atoms with Crippen LogP contribution in [0.2, 0.25) is 0 Å². The van der Waals surface area contributed by atoms with Gasteiger partial charge in [-0.25, -0.2) is 0 Å². The van der Waals surface area contributed by atoms with Crippen LogP contribution in [0.1, 0.15) is 22.3 Å². The van der Waals surface area contributed by atoms with Gasteiger partial charge in [-0.05, 0) is 37.1 Å². The van der Waals surface area contributed by atoms with E-state index in [0.717, 1.165) is 27.9 Å². The number of anilines is 1. The molecule has 0 atom stereocenters. The van der Waals surface area contributed by atoms with E-state index in [1.807, 2.05) is 70.4 Å². The summed E-state index contributed by atoms with van der Waals surface area (Å²) in [4.78, 5) is 1.78. The molecule has 0 saturated heterocycles. The maximum absolute atomic E-state index is 8.25. The van der Waals surface area contributed by atoms with Crippen molar-refractivity contribution in [3.8, 4) is 0 Å². The van der Waals surface area contributed by atoms with Crippen LogP contribution in [-0.4, -0.2) is 30.7 Å². The number of nitrogens with one attached hydrogen (secondary N) is 3. The van der Waals surface area contributed by atoms with E-state index < -0.39 is 0 Å². The highest BCUT2D eigenvalue weighted by atomic mass is 15.1. The Hall–Kier alpha value is -2.62. The Kier molecular flexibility index (Phi) is 4.61. The van der Waals surface area contributed by atoms with Crippen LogP contribution in [-0.2, 0) is 0 Å². The third-order valence-corrected chi connectivity index (χ3v) is 3.62. The summed E-state index contributed by atoms with van der Waals surface area (Å²) in [6.45, 7) is 3.98. The SMILES string of the molecule is Cc1ccccc1C(=N)Nc1ccc(C)c(C(=N)N(C)C)c1. The van der Waals surface area contributed by atoms with Crippen molar-refractivity contribution in [1.82, 2.24) is 4.90 Å². The highest BCUT2D eigenvalue weighted by Crippen LogP contribution is 2.18. The Morgan fingerprint density at radius 1 is 0.909 bits per heavy atom. The van der Waals surface area contributed by atoms with E-state index in [0.29, 0.717) is 11.7 Å². The van der Waals surface area contributed by atoms with Crippen LogP contribution in [0.25, 0.3) is 0 Å². The second-order valence-electron chi connectivity index (χ2n) is 5.59. The Morgan fingerprint density at radius 3 is 2.18 bits per heavy atom. The minimum Gasteiger partial charge on any atom is -0.363 e. The molecule has 0 amide bonds. The fourth-order valence-corrected chi connectivity index (χ4v) is 2.26. The minimum atomic E-state index is 0.365. The maximum atomic E-state index is 8.25. The van der Waals surface area contributed by atoms with Crippen molar-refractivity contribution < 1.29 is 0 Å². The zero-order valence-corrected chi connectivity index (χ0v) is 13.5. The number of amidine groups is 2. The van der Waals surface area contributed by atoms with Gasteiger partial charge >= 0.3 is 0 Å². The van der Waals surface area contributed by atoms with Crippen molar-refractivity contribution in [2.45, 2.75) is 13.8 Å². The summed E-state index contributed by atoms with van der Waals surface area (Å²) in [5, 5.41) is 19.5. The van der Waals surface area contributed by atoms with Crippen molar-refractivity contribution >= 4 is 17.4 Å². The molecule has 22 heavy (non-hydrogen) atoms. The van der Waals surface area contributed by atoms with Crippen LogP contribution in [0.5, 0.6) is 0 Å². The third kappa shape index (κ3) is 3.34. The van der Waals surface area contributed by atoms with Gasteiger partial charge in [0.1, 0.15) is 11.7 Å². The number of aryl methyl sites for hydroxylation is 2. The van der Waals surface area contributed by atoms with Crippen molar-refractivity contribution in [3.05, 3.63) is 64.7 Å². The molecule has 0 fully saturated rings. The normalized spacial score (nSPS) is 10.2. The zero-order chi connectivity index (χ0) is 16.3. The van der Waals surface area contributed by atoms with Gasteiger partial charge in [-0.3, -0.25) is 10.8 Å². The largest absolute Gasteiger partial charge is 0.363 e. The number of nitrogens with zero attached hydrogens (tertiary/aromatic N) is 1. The first-order valence-electron chi connectivity index (χ1n) is 7.18. The van der Waals surface area contributed by atoms with E-state index in [4.69, 9.17) is 10.8 Å². The third-order valence-electron chi connectivity index (χ3n) is 3.62. The van der Waals surface area contributed by atoms with Gasteiger partial charge in [0.15, 0.2) is 0 Å². The molecule has 3 N–H and O–H groups in total. The van der Waals surface area contributed by atoms with Crippen LogP contribution in [0.15, 0.2) is 42.5 Å². The minimum absolute atomic E-state index is 0.365. The van der Waals surface area contributed by atoms with Crippen molar-refractivity contribution in [3.63, 3.8) is 0 Å². The molecule has 0 saturated carbocycles. The van der Waals surface area contributed by atoms with E-state index in [1.54, 1.807) is 4.90 Å². The quantitative estimate of drug-likeness (QED) is 0.598. The molecular weight excluding hydrogens is 272 g/mol. The summed E-state index contributed by atoms with van der Waals surface area (Å²) in [6.07, 6.45) is 0. The van der Waals surface area contributed by atoms with E-state index >= 15 is 0 Å². The Bertz CT molecular complexity index is 717. The predicted molar refractivity (Wildman–Crippen MR) is 93.3 cm³/mol. The van der Waals surface area contributed by atoms with E-state index in [2.05, 4.69) is 5.32 Å². The Morgan fingerprint density at radius 2 is 1.55 bits per heavy atom. The smallest absolute Gasteiger partial charge is 0.130 e. The van der Waals surface area contributed by atoms with Crippen LogP contribution in [0, 0.1) is 24.7 Å². The fourth-order valence-electron chi connectivity index (χ4n) is 2.26. The van der Waals surface area contributed by atoms with Gasteiger partial charge < -0.3 is 10.2 Å². The monoisotopic (exact) mass is 294 g/mol. The van der Waals surface area contributed by atoms with Crippen molar-refractivity contribution in [1.29, 1.82) is 10.8 Å². The molecule has 0 bridgehead atoms. The number of benzene rings is 2. The summed E-state index contributed by atoms with van der Waals surface area (Å²) in [7, 11) is 3.72. The molecule has 0 heterocycles. The Labute approximate surface area is 131 Å². The lowest BCUT2D eigenvalue weighted by molar-refractivity contribution is 0.618. The number of hydrogen-bond donors (Lipinski definition) is 3. The summed E-state index contributed by atoms with van der Waals surface area (Å²) < 4.78 is 0. The van der Waals surface area contributed by atoms with Crippen LogP contribution < -0.4 is 5.32 Å². The van der Waals surface area contributed by atoms with E-state index in [9.17, 15) is 0 Å². The van der Waals surface area contributed by atoms with Crippen molar-refractivity contribution in [2.24, 2.45) is 0 Å². The van der Waals surface area contributed by atoms with Gasteiger partial charge in [-0.1, -0.05) is 30.3 Å². The molecule has 0 radical (unpaired) electrons. The molecular formula is C18H22N4. The molecule has 0 unspecified atom stereocenters. The van der Waals surface area contributed by atoms with Gasteiger partial charge in [0.2, 0.25) is 0 Å². The second-order valence-corrected chi connectivity index (χ2v) is 5.59. The van der Waals surface area contributed by atoms with Crippen LogP contribution in [0.4, 0.5) is 5.69 Å². The van der Waals surface area contributed by atoms with Crippen molar-refractivity contribution in [2.75, 3.05) is 19.4 Å². The highest BCUT2D eigenvalue weighted by molar-refractivity contribution is 6.08. The summed E-state index contributed by atoms with van der Waals surface area (Å²) in [5.74, 6) is 0.827. The summed E-state index contributed by atoms with van der Waals surface area (Å²) >= 11 is 0. The zero-order valence-electron chi connectivity index (χ0n) is 13.5. The van der Waals surface area contributed by atoms with Gasteiger partial charge in [-0.2, -0.15) is 0 Å². The molecule has 0 aliphatic heterocycles. The average molecular weight is 294 g/mol. The van der Waals surface area contributed by atoms with E-state index in [-0.39, 0.29) is 0 Å². The van der Waals surface area contributed by atoms with Gasteiger partial charge in [0, 0.05) is 30.9 Å². The van der Waals surface area contributed by atoms with Gasteiger partial charge in [-0.15, -0.1) is 0 Å². The molecule has 2 aromatic rings. The molecule has 114 valence electrons. The Balaban J connectivity index is 2.27. The average Bonchev–Trinajstić information content (AvgIpc) is 2.48. The topological polar surface area (TPSA) is 63.0 Å². The van der Waals surface area contributed by atoms with Crippen LogP contribution >= 0.6 is 0 Å². The molecule has 2 rings (SSSR count). The summed E-state index contributed by atoms with van der Waals surface area (Å²) in [6, 6.07) is 13.7. The highest BCUT2D eigenvalue weighted by Gasteiger charge is 2.10. The summed E-state index contributed by atoms with van der Waals surface area (Å²) in [5.41, 5.74) is 4.68. The molecule has 0 aliphatic carbocycles. The number of rotatable bonds is 3.